The number of nitrogens with two attached hydrogens (primary N) is 1. The van der Waals surface area contributed by atoms with Crippen LogP contribution < -0.4 is 10.6 Å². The molecule has 0 aliphatic heterocycles. The van der Waals surface area contributed by atoms with Crippen molar-refractivity contribution in [1.82, 2.24) is 9.97 Å². The van der Waals surface area contributed by atoms with E-state index in [0.29, 0.717) is 0 Å². The quantitative estimate of drug-likeness (QED) is 0.680. The Morgan fingerprint density at radius 3 is 2.57 bits per heavy atom. The molecule has 0 unspecified atom stereocenters. The van der Waals surface area contributed by atoms with Gasteiger partial charge in [0.1, 0.15) is 0 Å². The predicted octanol–water partition coefficient (Wildman–Crippen LogP) is 3.38. The average molecular weight is 306 g/mol. The lowest BCUT2D eigenvalue weighted by molar-refractivity contribution is 0.687. The molecule has 0 saturated heterocycles. The fourth-order valence-corrected chi connectivity index (χ4v) is 2.76. The SMILES string of the molecule is NCCCCN(Cc1ccccn1)c1cccc2cccnc12. The number of hydrogen-bond donors (Lipinski definition) is 1. The summed E-state index contributed by atoms with van der Waals surface area (Å²) in [5.41, 5.74) is 8.92. The van der Waals surface area contributed by atoms with E-state index >= 15 is 0 Å². The van der Waals surface area contributed by atoms with E-state index in [-0.39, 0.29) is 0 Å². The molecule has 3 aromatic rings. The highest BCUT2D eigenvalue weighted by Crippen LogP contribution is 2.26. The van der Waals surface area contributed by atoms with E-state index in [2.05, 4.69) is 45.2 Å². The zero-order chi connectivity index (χ0) is 15.9. The molecule has 1 aromatic carbocycles. The zero-order valence-electron chi connectivity index (χ0n) is 13.2. The number of benzene rings is 1. The lowest BCUT2D eigenvalue weighted by Gasteiger charge is -2.25. The Hall–Kier alpha value is -2.46. The minimum atomic E-state index is 0.727. The molecule has 0 fully saturated rings. The highest BCUT2D eigenvalue weighted by Gasteiger charge is 2.12. The molecule has 0 saturated carbocycles. The van der Waals surface area contributed by atoms with E-state index < -0.39 is 0 Å². The maximum atomic E-state index is 5.65. The minimum absolute atomic E-state index is 0.727. The van der Waals surface area contributed by atoms with Crippen LogP contribution >= 0.6 is 0 Å². The number of rotatable bonds is 7. The number of aromatic nitrogens is 2. The summed E-state index contributed by atoms with van der Waals surface area (Å²) in [6.07, 6.45) is 5.78. The van der Waals surface area contributed by atoms with Crippen molar-refractivity contribution in [2.24, 2.45) is 5.73 Å². The van der Waals surface area contributed by atoms with Crippen LogP contribution in [-0.2, 0) is 6.54 Å². The normalized spacial score (nSPS) is 10.8. The van der Waals surface area contributed by atoms with Crippen molar-refractivity contribution in [3.8, 4) is 0 Å². The van der Waals surface area contributed by atoms with Gasteiger partial charge in [0.25, 0.3) is 0 Å². The molecule has 0 amide bonds. The third kappa shape index (κ3) is 3.85. The predicted molar refractivity (Wildman–Crippen MR) is 95.3 cm³/mol. The summed E-state index contributed by atoms with van der Waals surface area (Å²) in [6.45, 7) is 2.45. The molecule has 2 aromatic heterocycles. The fraction of sp³-hybridized carbons (Fsp3) is 0.263. The molecule has 0 radical (unpaired) electrons. The van der Waals surface area contributed by atoms with Crippen LogP contribution in [0.5, 0.6) is 0 Å². The Labute approximate surface area is 137 Å². The average Bonchev–Trinajstić information content (AvgIpc) is 2.61. The van der Waals surface area contributed by atoms with Gasteiger partial charge in [0.15, 0.2) is 0 Å². The van der Waals surface area contributed by atoms with Gasteiger partial charge in [-0.2, -0.15) is 0 Å². The van der Waals surface area contributed by atoms with Gasteiger partial charge in [-0.25, -0.2) is 0 Å². The van der Waals surface area contributed by atoms with Crippen LogP contribution in [0.3, 0.4) is 0 Å². The molecule has 0 atom stereocenters. The van der Waals surface area contributed by atoms with Crippen LogP contribution in [0.1, 0.15) is 18.5 Å². The summed E-state index contributed by atoms with van der Waals surface area (Å²) < 4.78 is 0. The smallest absolute Gasteiger partial charge is 0.0935 e. The molecule has 4 heteroatoms. The van der Waals surface area contributed by atoms with Crippen molar-refractivity contribution < 1.29 is 0 Å². The molecule has 0 aliphatic rings. The largest absolute Gasteiger partial charge is 0.364 e. The minimum Gasteiger partial charge on any atom is -0.364 e. The summed E-state index contributed by atoms with van der Waals surface area (Å²) >= 11 is 0. The van der Waals surface area contributed by atoms with E-state index in [1.807, 2.05) is 30.6 Å². The van der Waals surface area contributed by atoms with Crippen LogP contribution in [0, 0.1) is 0 Å². The van der Waals surface area contributed by atoms with Crippen molar-refractivity contribution in [1.29, 1.82) is 0 Å². The fourth-order valence-electron chi connectivity index (χ4n) is 2.76. The van der Waals surface area contributed by atoms with Crippen LogP contribution in [0.15, 0.2) is 60.9 Å². The molecule has 23 heavy (non-hydrogen) atoms. The lowest BCUT2D eigenvalue weighted by atomic mass is 10.1. The summed E-state index contributed by atoms with van der Waals surface area (Å²) in [6, 6.07) is 16.4. The molecule has 2 heterocycles. The van der Waals surface area contributed by atoms with Gasteiger partial charge in [-0.3, -0.25) is 9.97 Å². The van der Waals surface area contributed by atoms with Gasteiger partial charge in [-0.1, -0.05) is 24.3 Å². The van der Waals surface area contributed by atoms with E-state index in [0.717, 1.165) is 54.8 Å². The first-order valence-electron chi connectivity index (χ1n) is 8.07. The first kappa shape index (κ1) is 15.4. The standard InChI is InChI=1S/C19H22N4/c20-11-2-4-14-23(15-17-9-1-3-12-21-17)18-10-5-7-16-8-6-13-22-19(16)18/h1,3,5-10,12-13H,2,4,11,14-15,20H2. The molecule has 3 rings (SSSR count). The van der Waals surface area contributed by atoms with Crippen molar-refractivity contribution in [2.75, 3.05) is 18.0 Å². The molecule has 0 aliphatic carbocycles. The third-order valence-corrected chi connectivity index (χ3v) is 3.91. The van der Waals surface area contributed by atoms with E-state index in [9.17, 15) is 0 Å². The van der Waals surface area contributed by atoms with Crippen LogP contribution in [-0.4, -0.2) is 23.1 Å². The summed E-state index contributed by atoms with van der Waals surface area (Å²) in [5, 5.41) is 1.16. The highest BCUT2D eigenvalue weighted by molar-refractivity contribution is 5.90. The van der Waals surface area contributed by atoms with Crippen molar-refractivity contribution in [3.05, 3.63) is 66.6 Å². The zero-order valence-corrected chi connectivity index (χ0v) is 13.2. The molecule has 118 valence electrons. The first-order chi connectivity index (χ1) is 11.4. The topological polar surface area (TPSA) is 55.0 Å². The molecule has 2 N–H and O–H groups in total. The van der Waals surface area contributed by atoms with Gasteiger partial charge in [-0.15, -0.1) is 0 Å². The summed E-state index contributed by atoms with van der Waals surface area (Å²) in [5.74, 6) is 0. The molecule has 0 bridgehead atoms. The van der Waals surface area contributed by atoms with Crippen molar-refractivity contribution >= 4 is 16.6 Å². The monoisotopic (exact) mass is 306 g/mol. The van der Waals surface area contributed by atoms with Crippen LogP contribution in [0.4, 0.5) is 5.69 Å². The second kappa shape index (κ2) is 7.70. The van der Waals surface area contributed by atoms with Crippen molar-refractivity contribution in [3.63, 3.8) is 0 Å². The van der Waals surface area contributed by atoms with Gasteiger partial charge in [0.2, 0.25) is 0 Å². The second-order valence-corrected chi connectivity index (χ2v) is 5.59. The number of nitrogens with zero attached hydrogens (tertiary/aromatic N) is 3. The lowest BCUT2D eigenvalue weighted by Crippen LogP contribution is -2.25. The number of unbranched alkanes of at least 4 members (excludes halogenated alkanes) is 1. The Kier molecular flexibility index (Phi) is 5.17. The molecule has 0 spiro atoms. The van der Waals surface area contributed by atoms with Gasteiger partial charge < -0.3 is 10.6 Å². The second-order valence-electron chi connectivity index (χ2n) is 5.59. The van der Waals surface area contributed by atoms with Crippen LogP contribution in [0.2, 0.25) is 0 Å². The van der Waals surface area contributed by atoms with Crippen LogP contribution in [0.25, 0.3) is 10.9 Å². The van der Waals surface area contributed by atoms with Crippen molar-refractivity contribution in [2.45, 2.75) is 19.4 Å². The van der Waals surface area contributed by atoms with Gasteiger partial charge in [-0.05, 0) is 43.7 Å². The summed E-state index contributed by atoms with van der Waals surface area (Å²) in [7, 11) is 0. The molecule has 4 nitrogen and oxygen atoms in total. The number of para-hydroxylation sites is 1. The highest BCUT2D eigenvalue weighted by atomic mass is 15.1. The van der Waals surface area contributed by atoms with Gasteiger partial charge in [0.05, 0.1) is 23.4 Å². The number of pyridine rings is 2. The Morgan fingerprint density at radius 2 is 1.74 bits per heavy atom. The third-order valence-electron chi connectivity index (χ3n) is 3.91. The summed E-state index contributed by atoms with van der Waals surface area (Å²) in [4.78, 5) is 11.4. The Balaban J connectivity index is 1.92. The number of anilines is 1. The van der Waals surface area contributed by atoms with E-state index in [1.165, 1.54) is 0 Å². The number of fused-ring (bicyclic) bond motifs is 1. The molecular formula is C19H22N4. The van der Waals surface area contributed by atoms with Gasteiger partial charge >= 0.3 is 0 Å². The van der Waals surface area contributed by atoms with E-state index in [4.69, 9.17) is 5.73 Å². The first-order valence-corrected chi connectivity index (χ1v) is 8.07. The maximum absolute atomic E-state index is 5.65. The number of hydrogen-bond acceptors (Lipinski definition) is 4. The Morgan fingerprint density at radius 1 is 0.870 bits per heavy atom. The Bertz CT molecular complexity index is 737. The maximum Gasteiger partial charge on any atom is 0.0935 e. The molecular weight excluding hydrogens is 284 g/mol. The van der Waals surface area contributed by atoms with E-state index in [1.54, 1.807) is 0 Å². The van der Waals surface area contributed by atoms with Gasteiger partial charge in [0, 0.05) is 24.3 Å².